The highest BCUT2D eigenvalue weighted by molar-refractivity contribution is 5.97. The highest BCUT2D eigenvalue weighted by Gasteiger charge is 2.30. The third kappa shape index (κ3) is 6.88. The minimum absolute atomic E-state index is 0.0966. The van der Waals surface area contributed by atoms with E-state index in [1.165, 1.54) is 0 Å². The van der Waals surface area contributed by atoms with Crippen LogP contribution in [0.25, 0.3) is 10.8 Å². The lowest BCUT2D eigenvalue weighted by molar-refractivity contribution is 0.315. The molecule has 12 nitrogen and oxygen atoms in total. The minimum atomic E-state index is 0.0966. The van der Waals surface area contributed by atoms with Crippen LogP contribution >= 0.6 is 0 Å². The number of azo groups is 1. The summed E-state index contributed by atoms with van der Waals surface area (Å²) in [6.07, 6.45) is 2.15. The predicted molar refractivity (Wildman–Crippen MR) is 188 cm³/mol. The molecule has 0 aliphatic carbocycles. The fraction of sp³-hybridized carbons (Fsp3) is 0.441. The first-order chi connectivity index (χ1) is 21.9. The van der Waals surface area contributed by atoms with Gasteiger partial charge in [0.15, 0.2) is 0 Å². The van der Waals surface area contributed by atoms with Crippen LogP contribution in [0.15, 0.2) is 64.8 Å². The summed E-state index contributed by atoms with van der Waals surface area (Å²) in [5.41, 5.74) is 3.07. The zero-order valence-corrected chi connectivity index (χ0v) is 28.0. The van der Waals surface area contributed by atoms with Crippen LogP contribution < -0.4 is 19.6 Å². The van der Waals surface area contributed by atoms with Crippen LogP contribution in [0.3, 0.4) is 0 Å². The number of aromatic nitrogens is 3. The summed E-state index contributed by atoms with van der Waals surface area (Å²) in [5.74, 6) is 2.03. The Morgan fingerprint density at radius 2 is 1.37 bits per heavy atom. The minimum Gasteiger partial charge on any atom is -0.506 e. The standard InChI is InChI=1S/C34H45N11O/c1-41(2)26-16-18-43(21-26)33-36-32(37-34(38-33)44-19-17-27(22-44)42(3)4)35-24-10-12-25(13-11-24)39-40-31-29-20-28(45(5,6)7)14-8-23(29)9-15-30(31)46/h8-15,20,26-27H,16-19,21-22H2,1-7H3,(H-,35,36,37,38,39,40,46)/p+1. The molecule has 6 rings (SSSR count). The maximum absolute atomic E-state index is 10.7. The van der Waals surface area contributed by atoms with Crippen molar-refractivity contribution in [2.75, 3.05) is 90.6 Å². The van der Waals surface area contributed by atoms with Gasteiger partial charge in [-0.1, -0.05) is 6.07 Å². The summed E-state index contributed by atoms with van der Waals surface area (Å²) in [5, 5.41) is 24.9. The Hall–Kier alpha value is -4.39. The number of quaternary nitrogens is 1. The number of anilines is 4. The Bertz CT molecular complexity index is 1670. The summed E-state index contributed by atoms with van der Waals surface area (Å²) in [6.45, 7) is 3.60. The highest BCUT2D eigenvalue weighted by atomic mass is 16.3. The van der Waals surface area contributed by atoms with Gasteiger partial charge < -0.3 is 30.0 Å². The summed E-state index contributed by atoms with van der Waals surface area (Å²) < 4.78 is 0.657. The molecule has 1 aromatic heterocycles. The highest BCUT2D eigenvalue weighted by Crippen LogP contribution is 2.38. The molecule has 2 saturated heterocycles. The van der Waals surface area contributed by atoms with Gasteiger partial charge in [0, 0.05) is 55.4 Å². The van der Waals surface area contributed by atoms with Gasteiger partial charge in [-0.3, -0.25) is 4.48 Å². The molecular formula is C34H46N11O+. The Kier molecular flexibility index (Phi) is 8.78. The molecule has 2 unspecified atom stereocenters. The third-order valence-corrected chi connectivity index (χ3v) is 9.08. The van der Waals surface area contributed by atoms with E-state index in [1.807, 2.05) is 30.3 Å². The van der Waals surface area contributed by atoms with Crippen molar-refractivity contribution in [3.8, 4) is 5.75 Å². The topological polar surface area (TPSA) is 109 Å². The molecule has 2 atom stereocenters. The van der Waals surface area contributed by atoms with Crippen molar-refractivity contribution >= 4 is 51.4 Å². The van der Waals surface area contributed by atoms with Crippen molar-refractivity contribution in [1.29, 1.82) is 0 Å². The number of nitrogens with one attached hydrogen (secondary N) is 1. The van der Waals surface area contributed by atoms with Crippen molar-refractivity contribution < 1.29 is 5.11 Å². The Labute approximate surface area is 271 Å². The van der Waals surface area contributed by atoms with E-state index in [2.05, 4.69) is 103 Å². The van der Waals surface area contributed by atoms with Crippen LogP contribution in [0, 0.1) is 0 Å². The molecule has 2 fully saturated rings. The fourth-order valence-electron chi connectivity index (χ4n) is 6.03. The Balaban J connectivity index is 1.23. The molecule has 0 bridgehead atoms. The number of phenolic OH excluding ortho intramolecular Hbond substituents is 1. The van der Waals surface area contributed by atoms with E-state index in [0.717, 1.165) is 61.2 Å². The Morgan fingerprint density at radius 1 is 0.783 bits per heavy atom. The molecule has 4 aromatic rings. The van der Waals surface area contributed by atoms with Gasteiger partial charge >= 0.3 is 0 Å². The summed E-state index contributed by atoms with van der Waals surface area (Å²) in [4.78, 5) is 23.7. The fourth-order valence-corrected chi connectivity index (χ4v) is 6.03. The summed E-state index contributed by atoms with van der Waals surface area (Å²) >= 11 is 0. The van der Waals surface area contributed by atoms with Crippen LogP contribution in [0.4, 0.5) is 40.6 Å². The van der Waals surface area contributed by atoms with Crippen molar-refractivity contribution in [3.05, 3.63) is 54.6 Å². The van der Waals surface area contributed by atoms with Crippen molar-refractivity contribution in [2.24, 2.45) is 10.2 Å². The van der Waals surface area contributed by atoms with E-state index < -0.39 is 0 Å². The summed E-state index contributed by atoms with van der Waals surface area (Å²) in [7, 11) is 14.8. The van der Waals surface area contributed by atoms with Crippen LogP contribution in [0.5, 0.6) is 5.75 Å². The van der Waals surface area contributed by atoms with Crippen molar-refractivity contribution in [2.45, 2.75) is 24.9 Å². The molecule has 12 heteroatoms. The number of nitrogens with zero attached hydrogens (tertiary/aromatic N) is 10. The van der Waals surface area contributed by atoms with Gasteiger partial charge in [-0.25, -0.2) is 0 Å². The number of hydrogen-bond acceptors (Lipinski definition) is 11. The van der Waals surface area contributed by atoms with E-state index in [9.17, 15) is 5.11 Å². The van der Waals surface area contributed by atoms with Crippen molar-refractivity contribution in [3.63, 3.8) is 0 Å². The monoisotopic (exact) mass is 624 g/mol. The number of fused-ring (bicyclic) bond motifs is 1. The molecule has 3 aromatic carbocycles. The van der Waals surface area contributed by atoms with Gasteiger partial charge in [0.2, 0.25) is 17.8 Å². The van der Waals surface area contributed by atoms with Gasteiger partial charge in [0.1, 0.15) is 17.1 Å². The number of hydrogen-bond donors (Lipinski definition) is 2. The molecule has 46 heavy (non-hydrogen) atoms. The molecule has 2 aliphatic heterocycles. The van der Waals surface area contributed by atoms with Crippen LogP contribution in [0.1, 0.15) is 12.8 Å². The summed E-state index contributed by atoms with van der Waals surface area (Å²) in [6, 6.07) is 18.4. The molecular weight excluding hydrogens is 578 g/mol. The van der Waals surface area contributed by atoms with Gasteiger partial charge in [-0.15, -0.1) is 5.11 Å². The quantitative estimate of drug-likeness (QED) is 0.188. The number of benzene rings is 3. The van der Waals surface area contributed by atoms with E-state index >= 15 is 0 Å². The van der Waals surface area contributed by atoms with Gasteiger partial charge in [0.25, 0.3) is 0 Å². The first-order valence-corrected chi connectivity index (χ1v) is 15.9. The molecule has 0 spiro atoms. The number of phenols is 1. The van der Waals surface area contributed by atoms with E-state index in [4.69, 9.17) is 15.0 Å². The lowest BCUT2D eigenvalue weighted by Crippen LogP contribution is -2.34. The van der Waals surface area contributed by atoms with Gasteiger partial charge in [0.05, 0.1) is 26.8 Å². The van der Waals surface area contributed by atoms with Gasteiger partial charge in [-0.05, 0) is 88.9 Å². The molecule has 0 radical (unpaired) electrons. The lowest BCUT2D eigenvalue weighted by atomic mass is 10.1. The van der Waals surface area contributed by atoms with Crippen LogP contribution in [-0.2, 0) is 0 Å². The molecule has 2 aliphatic rings. The predicted octanol–water partition coefficient (Wildman–Crippen LogP) is 5.37. The molecule has 2 N–H and O–H groups in total. The Morgan fingerprint density at radius 3 is 1.91 bits per heavy atom. The normalized spacial score (nSPS) is 19.0. The number of rotatable bonds is 9. The lowest BCUT2D eigenvalue weighted by Gasteiger charge is -2.23. The largest absolute Gasteiger partial charge is 0.506 e. The van der Waals surface area contributed by atoms with E-state index in [0.29, 0.717) is 45.8 Å². The average molecular weight is 625 g/mol. The number of likely N-dealkylation sites (N-methyl/N-ethyl adjacent to an activating group) is 2. The van der Waals surface area contributed by atoms with E-state index in [1.54, 1.807) is 6.07 Å². The van der Waals surface area contributed by atoms with Crippen LogP contribution in [-0.4, -0.2) is 117 Å². The second kappa shape index (κ2) is 12.8. The zero-order chi connectivity index (χ0) is 32.6. The van der Waals surface area contributed by atoms with Gasteiger partial charge in [-0.2, -0.15) is 20.1 Å². The molecule has 0 saturated carbocycles. The number of aromatic hydroxyl groups is 1. The first kappa shape index (κ1) is 31.6. The molecule has 242 valence electrons. The molecule has 0 amide bonds. The van der Waals surface area contributed by atoms with Crippen LogP contribution in [0.2, 0.25) is 0 Å². The second-order valence-electron chi connectivity index (χ2n) is 13.7. The first-order valence-electron chi connectivity index (χ1n) is 15.9. The zero-order valence-electron chi connectivity index (χ0n) is 28.0. The van der Waals surface area contributed by atoms with Crippen molar-refractivity contribution in [1.82, 2.24) is 29.2 Å². The van der Waals surface area contributed by atoms with E-state index in [-0.39, 0.29) is 5.75 Å². The second-order valence-corrected chi connectivity index (χ2v) is 13.7. The average Bonchev–Trinajstić information content (AvgIpc) is 3.72. The third-order valence-electron chi connectivity index (χ3n) is 9.08. The molecule has 3 heterocycles. The SMILES string of the molecule is CN(C)C1CCN(c2nc(Nc3ccc(/N=N/c4c(O)ccc5ccc([N+](C)(C)C)cc45)cc3)nc(N3CCC(N(C)C)C3)n2)C1. The smallest absolute Gasteiger partial charge is 0.233 e. The maximum atomic E-state index is 10.7. The maximum Gasteiger partial charge on any atom is 0.233 e.